The molecule has 2 heterocycles. The molecule has 0 spiro atoms. The molecule has 0 radical (unpaired) electrons. The first-order valence-corrected chi connectivity index (χ1v) is 9.48. The van der Waals surface area contributed by atoms with Crippen LogP contribution in [0.1, 0.15) is 43.3 Å². The summed E-state index contributed by atoms with van der Waals surface area (Å²) in [6, 6.07) is 0.252. The lowest BCUT2D eigenvalue weighted by molar-refractivity contribution is -0.163. The lowest BCUT2D eigenvalue weighted by Crippen LogP contribution is -2.60. The summed E-state index contributed by atoms with van der Waals surface area (Å²) in [6.07, 6.45) is 4.69. The molecule has 0 unspecified atom stereocenters. The quantitative estimate of drug-likeness (QED) is 0.896. The number of hydrogen-bond acceptors (Lipinski definition) is 5. The van der Waals surface area contributed by atoms with E-state index in [0.29, 0.717) is 19.7 Å². The van der Waals surface area contributed by atoms with E-state index in [1.165, 1.54) is 12.8 Å². The van der Waals surface area contributed by atoms with Crippen LogP contribution in [0, 0.1) is 6.92 Å². The van der Waals surface area contributed by atoms with Crippen molar-refractivity contribution in [2.75, 3.05) is 19.7 Å². The SMILES string of the molecule is Cc1nc(CC(=O)N2CCO[C@](C)(C(=O)NC3CCCC3)C2)cs1. The van der Waals surface area contributed by atoms with Crippen LogP contribution in [0.4, 0.5) is 0 Å². The Hall–Kier alpha value is -1.47. The summed E-state index contributed by atoms with van der Waals surface area (Å²) in [4.78, 5) is 31.2. The van der Waals surface area contributed by atoms with Crippen molar-refractivity contribution in [3.8, 4) is 0 Å². The molecule has 7 heteroatoms. The Bertz CT molecular complexity index is 612. The van der Waals surface area contributed by atoms with E-state index in [9.17, 15) is 9.59 Å². The number of carbonyl (C=O) groups is 2. The first kappa shape index (κ1) is 17.4. The van der Waals surface area contributed by atoms with Gasteiger partial charge in [0.15, 0.2) is 5.60 Å². The van der Waals surface area contributed by atoms with E-state index in [1.54, 1.807) is 23.2 Å². The number of ether oxygens (including phenoxy) is 1. The normalized spacial score (nSPS) is 25.0. The minimum absolute atomic E-state index is 0.00323. The summed E-state index contributed by atoms with van der Waals surface area (Å²) < 4.78 is 5.75. The van der Waals surface area contributed by atoms with Crippen molar-refractivity contribution in [1.82, 2.24) is 15.2 Å². The molecule has 1 N–H and O–H groups in total. The van der Waals surface area contributed by atoms with Crippen LogP contribution in [0.5, 0.6) is 0 Å². The molecule has 0 aromatic carbocycles. The lowest BCUT2D eigenvalue weighted by Gasteiger charge is -2.39. The van der Waals surface area contributed by atoms with Gasteiger partial charge in [-0.2, -0.15) is 0 Å². The van der Waals surface area contributed by atoms with Gasteiger partial charge in [0.2, 0.25) is 5.91 Å². The molecule has 132 valence electrons. The molecule has 3 rings (SSSR count). The van der Waals surface area contributed by atoms with Crippen molar-refractivity contribution < 1.29 is 14.3 Å². The van der Waals surface area contributed by atoms with Crippen LogP contribution in [0.3, 0.4) is 0 Å². The summed E-state index contributed by atoms with van der Waals surface area (Å²) >= 11 is 1.54. The summed E-state index contributed by atoms with van der Waals surface area (Å²) in [5.74, 6) is -0.0973. The predicted molar refractivity (Wildman–Crippen MR) is 91.9 cm³/mol. The summed E-state index contributed by atoms with van der Waals surface area (Å²) in [6.45, 7) is 4.92. The average molecular weight is 351 g/mol. The predicted octanol–water partition coefficient (Wildman–Crippen LogP) is 1.67. The van der Waals surface area contributed by atoms with Crippen LogP contribution < -0.4 is 5.32 Å². The third kappa shape index (κ3) is 3.95. The van der Waals surface area contributed by atoms with Gasteiger partial charge < -0.3 is 15.0 Å². The van der Waals surface area contributed by atoms with Crippen LogP contribution in [0.15, 0.2) is 5.38 Å². The Morgan fingerprint density at radius 3 is 2.88 bits per heavy atom. The van der Waals surface area contributed by atoms with Gasteiger partial charge in [0.1, 0.15) is 0 Å². The number of thiazole rings is 1. The summed E-state index contributed by atoms with van der Waals surface area (Å²) in [5.41, 5.74) is -0.166. The van der Waals surface area contributed by atoms with E-state index >= 15 is 0 Å². The second-order valence-corrected chi connectivity index (χ2v) is 7.95. The van der Waals surface area contributed by atoms with Gasteiger partial charge in [0, 0.05) is 18.0 Å². The zero-order valence-corrected chi connectivity index (χ0v) is 15.2. The van der Waals surface area contributed by atoms with Gasteiger partial charge in [-0.15, -0.1) is 11.3 Å². The summed E-state index contributed by atoms with van der Waals surface area (Å²) in [5, 5.41) is 5.96. The molecule has 1 atom stereocenters. The van der Waals surface area contributed by atoms with Crippen LogP contribution >= 0.6 is 11.3 Å². The van der Waals surface area contributed by atoms with Crippen molar-refractivity contribution in [2.24, 2.45) is 0 Å². The van der Waals surface area contributed by atoms with Gasteiger partial charge in [0.05, 0.1) is 30.3 Å². The molecule has 24 heavy (non-hydrogen) atoms. The number of hydrogen-bond donors (Lipinski definition) is 1. The molecule has 1 aliphatic heterocycles. The number of nitrogens with zero attached hydrogens (tertiary/aromatic N) is 2. The number of aryl methyl sites for hydroxylation is 1. The molecular formula is C17H25N3O3S. The lowest BCUT2D eigenvalue weighted by atomic mass is 10.0. The van der Waals surface area contributed by atoms with Crippen molar-refractivity contribution in [3.05, 3.63) is 16.1 Å². The maximum atomic E-state index is 12.6. The van der Waals surface area contributed by atoms with E-state index in [-0.39, 0.29) is 24.3 Å². The maximum absolute atomic E-state index is 12.6. The van der Waals surface area contributed by atoms with Gasteiger partial charge in [-0.25, -0.2) is 4.98 Å². The molecule has 1 aromatic heterocycles. The molecule has 0 bridgehead atoms. The Kier molecular flexibility index (Phi) is 5.20. The van der Waals surface area contributed by atoms with Crippen molar-refractivity contribution in [3.63, 3.8) is 0 Å². The van der Waals surface area contributed by atoms with Gasteiger partial charge >= 0.3 is 0 Å². The molecule has 1 saturated heterocycles. The number of rotatable bonds is 4. The first-order chi connectivity index (χ1) is 11.5. The minimum Gasteiger partial charge on any atom is -0.362 e. The zero-order valence-electron chi connectivity index (χ0n) is 14.3. The number of morpholine rings is 1. The standard InChI is InChI=1S/C17H25N3O3S/c1-12-18-14(10-24-12)9-15(21)20-7-8-23-17(2,11-20)16(22)19-13-5-3-4-6-13/h10,13H,3-9,11H2,1-2H3,(H,19,22)/t17-/m0/s1. The Morgan fingerprint density at radius 1 is 1.46 bits per heavy atom. The van der Waals surface area contributed by atoms with Crippen LogP contribution in [0.25, 0.3) is 0 Å². The van der Waals surface area contributed by atoms with Gasteiger partial charge in [-0.05, 0) is 26.7 Å². The molecule has 2 fully saturated rings. The highest BCUT2D eigenvalue weighted by Gasteiger charge is 2.41. The highest BCUT2D eigenvalue weighted by atomic mass is 32.1. The van der Waals surface area contributed by atoms with E-state index in [4.69, 9.17) is 4.74 Å². The second kappa shape index (κ2) is 7.19. The van der Waals surface area contributed by atoms with E-state index in [2.05, 4.69) is 10.3 Å². The topological polar surface area (TPSA) is 71.5 Å². The zero-order chi connectivity index (χ0) is 17.2. The molecule has 1 aliphatic carbocycles. The monoisotopic (exact) mass is 351 g/mol. The largest absolute Gasteiger partial charge is 0.362 e. The molecular weight excluding hydrogens is 326 g/mol. The maximum Gasteiger partial charge on any atom is 0.254 e. The number of carbonyl (C=O) groups excluding carboxylic acids is 2. The third-order valence-electron chi connectivity index (χ3n) is 4.80. The minimum atomic E-state index is -0.964. The Morgan fingerprint density at radius 2 is 2.21 bits per heavy atom. The number of aromatic nitrogens is 1. The summed E-state index contributed by atoms with van der Waals surface area (Å²) in [7, 11) is 0. The third-order valence-corrected chi connectivity index (χ3v) is 5.62. The van der Waals surface area contributed by atoms with Gasteiger partial charge in [-0.3, -0.25) is 9.59 Å². The Labute approximate surface area is 146 Å². The highest BCUT2D eigenvalue weighted by molar-refractivity contribution is 7.09. The molecule has 1 aromatic rings. The van der Waals surface area contributed by atoms with Crippen LogP contribution in [0.2, 0.25) is 0 Å². The average Bonchev–Trinajstić information content (AvgIpc) is 3.19. The Balaban J connectivity index is 1.59. The number of nitrogens with one attached hydrogen (secondary N) is 1. The fraction of sp³-hybridized carbons (Fsp3) is 0.706. The smallest absolute Gasteiger partial charge is 0.254 e. The molecule has 1 saturated carbocycles. The van der Waals surface area contributed by atoms with E-state index in [1.807, 2.05) is 12.3 Å². The number of amides is 2. The molecule has 2 amide bonds. The fourth-order valence-corrected chi connectivity index (χ4v) is 4.00. The van der Waals surface area contributed by atoms with Crippen LogP contribution in [-0.4, -0.2) is 53.0 Å². The molecule has 2 aliphatic rings. The fourth-order valence-electron chi connectivity index (χ4n) is 3.38. The van der Waals surface area contributed by atoms with E-state index < -0.39 is 5.60 Å². The van der Waals surface area contributed by atoms with Gasteiger partial charge in [0.25, 0.3) is 5.91 Å². The first-order valence-electron chi connectivity index (χ1n) is 8.60. The van der Waals surface area contributed by atoms with Crippen LogP contribution in [-0.2, 0) is 20.7 Å². The second-order valence-electron chi connectivity index (χ2n) is 6.88. The van der Waals surface area contributed by atoms with E-state index in [0.717, 1.165) is 23.5 Å². The van der Waals surface area contributed by atoms with Crippen molar-refractivity contribution in [2.45, 2.75) is 57.6 Å². The van der Waals surface area contributed by atoms with Crippen molar-refractivity contribution in [1.29, 1.82) is 0 Å². The highest BCUT2D eigenvalue weighted by Crippen LogP contribution is 2.22. The van der Waals surface area contributed by atoms with Gasteiger partial charge in [-0.1, -0.05) is 12.8 Å². The molecule has 6 nitrogen and oxygen atoms in total. The van der Waals surface area contributed by atoms with Crippen molar-refractivity contribution >= 4 is 23.2 Å².